The highest BCUT2D eigenvalue weighted by molar-refractivity contribution is 5.94. The van der Waals surface area contributed by atoms with Gasteiger partial charge in [-0.15, -0.1) is 0 Å². The topological polar surface area (TPSA) is 81.5 Å². The first kappa shape index (κ1) is 16.5. The van der Waals surface area contributed by atoms with Gasteiger partial charge in [0.15, 0.2) is 0 Å². The smallest absolute Gasteiger partial charge is 0.269 e. The maximum absolute atomic E-state index is 12.1. The van der Waals surface area contributed by atoms with Crippen LogP contribution in [0.2, 0.25) is 0 Å². The number of non-ortho nitro benzene ring substituents is 1. The predicted molar refractivity (Wildman–Crippen MR) is 86.7 cm³/mol. The van der Waals surface area contributed by atoms with Gasteiger partial charge in [0.05, 0.1) is 11.0 Å². The number of nitrogens with one attached hydrogen (secondary N) is 1. The Morgan fingerprint density at radius 3 is 2.35 bits per heavy atom. The van der Waals surface area contributed by atoms with Gasteiger partial charge in [0.25, 0.3) is 11.6 Å². The van der Waals surface area contributed by atoms with E-state index in [-0.39, 0.29) is 17.6 Å². The largest absolute Gasteiger partial charge is 0.491 e. The van der Waals surface area contributed by atoms with Crippen molar-refractivity contribution in [2.45, 2.75) is 19.9 Å². The summed E-state index contributed by atoms with van der Waals surface area (Å²) in [6.45, 7) is 4.16. The molecular formula is C17H18N2O4. The minimum Gasteiger partial charge on any atom is -0.491 e. The van der Waals surface area contributed by atoms with Gasteiger partial charge in [-0.05, 0) is 38.1 Å². The second-order valence-electron chi connectivity index (χ2n) is 5.30. The Balaban J connectivity index is 1.86. The van der Waals surface area contributed by atoms with Gasteiger partial charge in [0.2, 0.25) is 0 Å². The second-order valence-corrected chi connectivity index (χ2v) is 5.30. The average Bonchev–Trinajstić information content (AvgIpc) is 2.54. The van der Waals surface area contributed by atoms with Crippen LogP contribution in [0.1, 0.15) is 22.8 Å². The summed E-state index contributed by atoms with van der Waals surface area (Å²) < 4.78 is 5.61. The molecule has 6 heteroatoms. The van der Waals surface area contributed by atoms with E-state index in [0.29, 0.717) is 12.2 Å². The molecule has 0 aliphatic heterocycles. The van der Waals surface area contributed by atoms with Crippen molar-refractivity contribution in [1.82, 2.24) is 5.32 Å². The molecular weight excluding hydrogens is 296 g/mol. The monoisotopic (exact) mass is 314 g/mol. The third-order valence-corrected chi connectivity index (χ3v) is 3.24. The van der Waals surface area contributed by atoms with Crippen LogP contribution >= 0.6 is 0 Å². The summed E-state index contributed by atoms with van der Waals surface area (Å²) in [5.74, 6) is 0.451. The van der Waals surface area contributed by atoms with Crippen LogP contribution in [0.25, 0.3) is 0 Å². The molecule has 2 aromatic rings. The number of aryl methyl sites for hydroxylation is 1. The van der Waals surface area contributed by atoms with Gasteiger partial charge in [0.1, 0.15) is 12.4 Å². The molecule has 0 radical (unpaired) electrons. The van der Waals surface area contributed by atoms with Gasteiger partial charge in [-0.25, -0.2) is 0 Å². The van der Waals surface area contributed by atoms with Crippen LogP contribution in [-0.2, 0) is 0 Å². The van der Waals surface area contributed by atoms with Gasteiger partial charge in [0, 0.05) is 17.7 Å². The molecule has 120 valence electrons. The lowest BCUT2D eigenvalue weighted by Crippen LogP contribution is -2.36. The van der Waals surface area contributed by atoms with Crippen molar-refractivity contribution in [3.63, 3.8) is 0 Å². The third-order valence-electron chi connectivity index (χ3n) is 3.24. The molecule has 2 aromatic carbocycles. The number of hydrogen-bond donors (Lipinski definition) is 1. The molecule has 0 spiro atoms. The molecule has 1 amide bonds. The summed E-state index contributed by atoms with van der Waals surface area (Å²) in [5, 5.41) is 13.4. The molecule has 0 saturated carbocycles. The molecule has 0 aromatic heterocycles. The normalized spacial score (nSPS) is 11.6. The minimum atomic E-state index is -0.500. The van der Waals surface area contributed by atoms with E-state index in [1.807, 2.05) is 38.1 Å². The van der Waals surface area contributed by atoms with Crippen molar-refractivity contribution >= 4 is 11.6 Å². The van der Waals surface area contributed by atoms with Crippen molar-refractivity contribution in [2.24, 2.45) is 0 Å². The summed E-state index contributed by atoms with van der Waals surface area (Å²) in [7, 11) is 0. The van der Waals surface area contributed by atoms with Gasteiger partial charge >= 0.3 is 0 Å². The van der Waals surface area contributed by atoms with E-state index in [1.54, 1.807) is 0 Å². The Kier molecular flexibility index (Phi) is 5.30. The summed E-state index contributed by atoms with van der Waals surface area (Å²) in [6.07, 6.45) is 0. The van der Waals surface area contributed by atoms with Crippen molar-refractivity contribution in [3.8, 4) is 5.75 Å². The maximum atomic E-state index is 12.1. The van der Waals surface area contributed by atoms with E-state index < -0.39 is 4.92 Å². The van der Waals surface area contributed by atoms with Crippen molar-refractivity contribution in [3.05, 3.63) is 69.8 Å². The Hall–Kier alpha value is -2.89. The van der Waals surface area contributed by atoms with Crippen LogP contribution in [0.3, 0.4) is 0 Å². The molecule has 1 N–H and O–H groups in total. The Bertz CT molecular complexity index is 681. The van der Waals surface area contributed by atoms with E-state index in [2.05, 4.69) is 5.32 Å². The van der Waals surface area contributed by atoms with Crippen molar-refractivity contribution < 1.29 is 14.5 Å². The van der Waals surface area contributed by atoms with Gasteiger partial charge in [-0.1, -0.05) is 17.7 Å². The maximum Gasteiger partial charge on any atom is 0.269 e. The van der Waals surface area contributed by atoms with Gasteiger partial charge in [-0.3, -0.25) is 14.9 Å². The predicted octanol–water partition coefficient (Wildman–Crippen LogP) is 3.10. The van der Waals surface area contributed by atoms with Crippen LogP contribution in [0.5, 0.6) is 5.75 Å². The summed E-state index contributed by atoms with van der Waals surface area (Å²) in [5.41, 5.74) is 1.48. The zero-order valence-electron chi connectivity index (χ0n) is 13.0. The average molecular weight is 314 g/mol. The number of nitro benzene ring substituents is 1. The highest BCUT2D eigenvalue weighted by Gasteiger charge is 2.12. The molecule has 0 unspecified atom stereocenters. The molecule has 23 heavy (non-hydrogen) atoms. The van der Waals surface area contributed by atoms with E-state index in [1.165, 1.54) is 24.3 Å². The molecule has 2 rings (SSSR count). The molecule has 0 aliphatic rings. The SMILES string of the molecule is Cc1ccc(OC[C@@H](C)NC(=O)c2ccc([N+](=O)[O-])cc2)cc1. The molecule has 0 fully saturated rings. The first-order valence-corrected chi connectivity index (χ1v) is 7.20. The van der Waals surface area contributed by atoms with Crippen LogP contribution in [0.15, 0.2) is 48.5 Å². The van der Waals surface area contributed by atoms with Crippen molar-refractivity contribution in [2.75, 3.05) is 6.61 Å². The Morgan fingerprint density at radius 1 is 1.17 bits per heavy atom. The first-order valence-electron chi connectivity index (χ1n) is 7.20. The lowest BCUT2D eigenvalue weighted by molar-refractivity contribution is -0.384. The van der Waals surface area contributed by atoms with Crippen LogP contribution < -0.4 is 10.1 Å². The van der Waals surface area contributed by atoms with Gasteiger partial charge in [-0.2, -0.15) is 0 Å². The highest BCUT2D eigenvalue weighted by atomic mass is 16.6. The molecule has 0 aliphatic carbocycles. The Morgan fingerprint density at radius 2 is 1.78 bits per heavy atom. The molecule has 6 nitrogen and oxygen atoms in total. The van der Waals surface area contributed by atoms with E-state index >= 15 is 0 Å². The first-order chi connectivity index (χ1) is 11.0. The fourth-order valence-electron chi connectivity index (χ4n) is 1.94. The fraction of sp³-hybridized carbons (Fsp3) is 0.235. The molecule has 0 saturated heterocycles. The summed E-state index contributed by atoms with van der Waals surface area (Å²) in [6, 6.07) is 12.9. The number of nitrogens with zero attached hydrogens (tertiary/aromatic N) is 1. The third kappa shape index (κ3) is 4.81. The number of carbonyl (C=O) groups is 1. The number of rotatable bonds is 6. The zero-order chi connectivity index (χ0) is 16.8. The number of nitro groups is 1. The van der Waals surface area contributed by atoms with E-state index in [0.717, 1.165) is 11.3 Å². The molecule has 0 bridgehead atoms. The minimum absolute atomic E-state index is 0.0442. The quantitative estimate of drug-likeness (QED) is 0.656. The van der Waals surface area contributed by atoms with Crippen molar-refractivity contribution in [1.29, 1.82) is 0 Å². The second kappa shape index (κ2) is 7.40. The molecule has 0 heterocycles. The lowest BCUT2D eigenvalue weighted by atomic mass is 10.2. The summed E-state index contributed by atoms with van der Waals surface area (Å²) >= 11 is 0. The van der Waals surface area contributed by atoms with Crippen LogP contribution in [-0.4, -0.2) is 23.5 Å². The standard InChI is InChI=1S/C17H18N2O4/c1-12-3-9-16(10-4-12)23-11-13(2)18-17(20)14-5-7-15(8-6-14)19(21)22/h3-10,13H,11H2,1-2H3,(H,18,20)/t13-/m1/s1. The Labute approximate surface area is 134 Å². The highest BCUT2D eigenvalue weighted by Crippen LogP contribution is 2.13. The lowest BCUT2D eigenvalue weighted by Gasteiger charge is -2.15. The number of amides is 1. The number of ether oxygens (including phenoxy) is 1. The van der Waals surface area contributed by atoms with E-state index in [9.17, 15) is 14.9 Å². The van der Waals surface area contributed by atoms with E-state index in [4.69, 9.17) is 4.74 Å². The summed E-state index contributed by atoms with van der Waals surface area (Å²) in [4.78, 5) is 22.1. The zero-order valence-corrected chi connectivity index (χ0v) is 13.0. The van der Waals surface area contributed by atoms with Crippen LogP contribution in [0, 0.1) is 17.0 Å². The van der Waals surface area contributed by atoms with Gasteiger partial charge < -0.3 is 10.1 Å². The molecule has 1 atom stereocenters. The van der Waals surface area contributed by atoms with Crippen LogP contribution in [0.4, 0.5) is 5.69 Å². The number of benzene rings is 2. The fourth-order valence-corrected chi connectivity index (χ4v) is 1.94. The number of carbonyl (C=O) groups excluding carboxylic acids is 1. The number of hydrogen-bond acceptors (Lipinski definition) is 4.